The van der Waals surface area contributed by atoms with E-state index in [2.05, 4.69) is 4.90 Å². The number of nitrogens with zero attached hydrogens (tertiary/aromatic N) is 1. The highest BCUT2D eigenvalue weighted by molar-refractivity contribution is 5.96. The van der Waals surface area contributed by atoms with E-state index < -0.39 is 17.8 Å². The number of phenolic OH excluding ortho intramolecular Hbond substituents is 1. The second kappa shape index (κ2) is 10.1. The fraction of sp³-hybridized carbons (Fsp3) is 0.310. The molecule has 1 fully saturated rings. The number of fused-ring (bicyclic) bond motifs is 1. The number of ether oxygens (including phenoxy) is 2. The largest absolute Gasteiger partial charge is 0.508 e. The smallest absolute Gasteiger partial charge is 0.416 e. The van der Waals surface area contributed by atoms with Gasteiger partial charge in [-0.1, -0.05) is 30.3 Å². The van der Waals surface area contributed by atoms with E-state index in [1.54, 1.807) is 43.3 Å². The molecule has 0 amide bonds. The SMILES string of the molecule is CC1=C(c2ccccc2C(F)(F)F)[C@@H](c2ccc(OCCN3CC(CF)C3)cc2)Oc2ccc(O)cc21. The lowest BCUT2D eigenvalue weighted by Crippen LogP contribution is -2.49. The van der Waals surface area contributed by atoms with Crippen molar-refractivity contribution in [2.75, 3.05) is 32.9 Å². The third-order valence-corrected chi connectivity index (χ3v) is 6.91. The van der Waals surface area contributed by atoms with Gasteiger partial charge in [0.15, 0.2) is 0 Å². The lowest BCUT2D eigenvalue weighted by atomic mass is 9.84. The number of halogens is 4. The first-order valence-electron chi connectivity index (χ1n) is 12.1. The van der Waals surface area contributed by atoms with Crippen LogP contribution >= 0.6 is 0 Å². The van der Waals surface area contributed by atoms with E-state index in [4.69, 9.17) is 9.47 Å². The van der Waals surface area contributed by atoms with Crippen LogP contribution in [0, 0.1) is 5.92 Å². The molecule has 0 spiro atoms. The number of hydrogen-bond acceptors (Lipinski definition) is 4. The number of allylic oxidation sites excluding steroid dienone is 1. The summed E-state index contributed by atoms with van der Waals surface area (Å²) in [4.78, 5) is 2.13. The van der Waals surface area contributed by atoms with Crippen molar-refractivity contribution in [1.82, 2.24) is 4.90 Å². The van der Waals surface area contributed by atoms with Gasteiger partial charge < -0.3 is 14.6 Å². The monoisotopic (exact) mass is 513 g/mol. The van der Waals surface area contributed by atoms with Crippen molar-refractivity contribution in [2.45, 2.75) is 19.2 Å². The molecule has 3 aromatic carbocycles. The minimum absolute atomic E-state index is 0.00329. The van der Waals surface area contributed by atoms with Gasteiger partial charge >= 0.3 is 6.18 Å². The molecule has 1 N–H and O–H groups in total. The van der Waals surface area contributed by atoms with Crippen LogP contribution in [0.1, 0.15) is 35.3 Å². The molecule has 0 unspecified atom stereocenters. The minimum atomic E-state index is -4.55. The highest BCUT2D eigenvalue weighted by Crippen LogP contribution is 2.49. The van der Waals surface area contributed by atoms with Gasteiger partial charge in [0.1, 0.15) is 30.0 Å². The summed E-state index contributed by atoms with van der Waals surface area (Å²) in [7, 11) is 0. The van der Waals surface area contributed by atoms with E-state index in [-0.39, 0.29) is 23.9 Å². The average molecular weight is 514 g/mol. The quantitative estimate of drug-likeness (QED) is 0.355. The van der Waals surface area contributed by atoms with Gasteiger partial charge in [0.05, 0.1) is 12.2 Å². The molecule has 0 bridgehead atoms. The van der Waals surface area contributed by atoms with E-state index in [1.165, 1.54) is 24.3 Å². The third-order valence-electron chi connectivity index (χ3n) is 6.91. The minimum Gasteiger partial charge on any atom is -0.508 e. The zero-order chi connectivity index (χ0) is 26.2. The summed E-state index contributed by atoms with van der Waals surface area (Å²) in [5, 5.41) is 10.0. The Hall–Kier alpha value is -3.52. The predicted octanol–water partition coefficient (Wildman–Crippen LogP) is 6.76. The molecule has 2 aliphatic rings. The van der Waals surface area contributed by atoms with E-state index in [9.17, 15) is 22.7 Å². The molecule has 3 aromatic rings. The molecule has 8 heteroatoms. The first kappa shape index (κ1) is 25.1. The number of aromatic hydroxyl groups is 1. The third kappa shape index (κ3) is 5.16. The van der Waals surface area contributed by atoms with Crippen molar-refractivity contribution in [3.8, 4) is 17.2 Å². The average Bonchev–Trinajstić information content (AvgIpc) is 2.85. The maximum Gasteiger partial charge on any atom is 0.416 e. The van der Waals surface area contributed by atoms with Crippen molar-refractivity contribution in [3.63, 3.8) is 0 Å². The Labute approximate surface area is 212 Å². The van der Waals surface area contributed by atoms with E-state index in [0.29, 0.717) is 46.9 Å². The standard InChI is InChI=1S/C29H27F4NO3/c1-18-24-14-21(35)8-11-26(24)37-28(27(18)23-4-2-3-5-25(23)29(31,32)33)20-6-9-22(10-7-20)36-13-12-34-16-19(15-30)17-34/h2-11,14,19,28,35H,12-13,15-17H2,1H3/t28-/m1/s1. The van der Waals surface area contributed by atoms with Gasteiger partial charge in [0.2, 0.25) is 0 Å². The van der Waals surface area contributed by atoms with Crippen molar-refractivity contribution < 1.29 is 32.1 Å². The molecule has 194 valence electrons. The fourth-order valence-electron chi connectivity index (χ4n) is 4.97. The Morgan fingerprint density at radius 3 is 2.43 bits per heavy atom. The number of likely N-dealkylation sites (tertiary alicyclic amines) is 1. The summed E-state index contributed by atoms with van der Waals surface area (Å²) in [6.07, 6.45) is -5.35. The lowest BCUT2D eigenvalue weighted by Gasteiger charge is -2.37. The van der Waals surface area contributed by atoms with Crippen molar-refractivity contribution in [1.29, 1.82) is 0 Å². The zero-order valence-electron chi connectivity index (χ0n) is 20.3. The highest BCUT2D eigenvalue weighted by Gasteiger charge is 2.38. The van der Waals surface area contributed by atoms with Gasteiger partial charge in [-0.2, -0.15) is 13.2 Å². The Morgan fingerprint density at radius 2 is 1.73 bits per heavy atom. The molecule has 5 rings (SSSR count). The topological polar surface area (TPSA) is 41.9 Å². The second-order valence-electron chi connectivity index (χ2n) is 9.46. The van der Waals surface area contributed by atoms with Crippen molar-refractivity contribution in [3.05, 3.63) is 89.0 Å². The molecule has 1 saturated heterocycles. The van der Waals surface area contributed by atoms with Crippen molar-refractivity contribution >= 4 is 11.1 Å². The van der Waals surface area contributed by atoms with Gasteiger partial charge in [-0.25, -0.2) is 0 Å². The maximum absolute atomic E-state index is 14.0. The van der Waals surface area contributed by atoms with Gasteiger partial charge in [-0.15, -0.1) is 0 Å². The van der Waals surface area contributed by atoms with Crippen LogP contribution in [0.2, 0.25) is 0 Å². The Balaban J connectivity index is 1.45. The van der Waals surface area contributed by atoms with Gasteiger partial charge in [-0.05, 0) is 60.0 Å². The number of benzene rings is 3. The molecular formula is C29H27F4NO3. The molecule has 2 heterocycles. The molecule has 1 atom stereocenters. The van der Waals surface area contributed by atoms with Crippen LogP contribution in [0.4, 0.5) is 17.6 Å². The molecule has 0 radical (unpaired) electrons. The Bertz CT molecular complexity index is 1300. The second-order valence-corrected chi connectivity index (χ2v) is 9.46. The molecule has 0 saturated carbocycles. The number of hydrogen-bond donors (Lipinski definition) is 1. The summed E-state index contributed by atoms with van der Waals surface area (Å²) >= 11 is 0. The van der Waals surface area contributed by atoms with E-state index in [0.717, 1.165) is 19.2 Å². The first-order chi connectivity index (χ1) is 17.7. The first-order valence-corrected chi connectivity index (χ1v) is 12.1. The highest BCUT2D eigenvalue weighted by atomic mass is 19.4. The number of phenols is 1. The Morgan fingerprint density at radius 1 is 1.00 bits per heavy atom. The van der Waals surface area contributed by atoms with Crippen LogP contribution in [0.15, 0.2) is 66.7 Å². The Kier molecular flexibility index (Phi) is 6.86. The molecule has 4 nitrogen and oxygen atoms in total. The molecule has 0 aromatic heterocycles. The van der Waals surface area contributed by atoms with Crippen LogP contribution in [0.5, 0.6) is 17.2 Å². The molecule has 37 heavy (non-hydrogen) atoms. The molecular weight excluding hydrogens is 486 g/mol. The lowest BCUT2D eigenvalue weighted by molar-refractivity contribution is -0.137. The summed E-state index contributed by atoms with van der Waals surface area (Å²) in [6.45, 7) is 4.09. The summed E-state index contributed by atoms with van der Waals surface area (Å²) in [5.74, 6) is 1.24. The zero-order valence-corrected chi connectivity index (χ0v) is 20.3. The summed E-state index contributed by atoms with van der Waals surface area (Å²) in [6, 6.07) is 17.2. The summed E-state index contributed by atoms with van der Waals surface area (Å²) in [5.41, 5.74) is 1.49. The number of rotatable bonds is 7. The number of alkyl halides is 4. The van der Waals surface area contributed by atoms with Crippen LogP contribution in [-0.4, -0.2) is 42.9 Å². The van der Waals surface area contributed by atoms with Gasteiger partial charge in [0.25, 0.3) is 0 Å². The normalized spacial score (nSPS) is 18.2. The fourth-order valence-corrected chi connectivity index (χ4v) is 4.97. The molecule has 2 aliphatic heterocycles. The van der Waals surface area contributed by atoms with Crippen LogP contribution in [0.3, 0.4) is 0 Å². The van der Waals surface area contributed by atoms with E-state index in [1.807, 2.05) is 0 Å². The van der Waals surface area contributed by atoms with Crippen LogP contribution in [0.25, 0.3) is 11.1 Å². The van der Waals surface area contributed by atoms with Gasteiger partial charge in [-0.3, -0.25) is 9.29 Å². The van der Waals surface area contributed by atoms with E-state index >= 15 is 0 Å². The van der Waals surface area contributed by atoms with Gasteiger partial charge in [0, 0.05) is 36.7 Å². The van der Waals surface area contributed by atoms with Crippen LogP contribution < -0.4 is 9.47 Å². The molecule has 0 aliphatic carbocycles. The van der Waals surface area contributed by atoms with Crippen LogP contribution in [-0.2, 0) is 6.18 Å². The predicted molar refractivity (Wildman–Crippen MR) is 133 cm³/mol. The van der Waals surface area contributed by atoms with Crippen molar-refractivity contribution in [2.24, 2.45) is 5.92 Å². The summed E-state index contributed by atoms with van der Waals surface area (Å²) < 4.78 is 66.6. The maximum atomic E-state index is 14.0.